The highest BCUT2D eigenvalue weighted by atomic mass is 19.1. The minimum atomic E-state index is -0.176. The van der Waals surface area contributed by atoms with Crippen molar-refractivity contribution < 1.29 is 4.39 Å². The third-order valence-electron chi connectivity index (χ3n) is 2.55. The van der Waals surface area contributed by atoms with E-state index in [1.165, 1.54) is 18.6 Å². The zero-order valence-corrected chi connectivity index (χ0v) is 9.46. The summed E-state index contributed by atoms with van der Waals surface area (Å²) in [4.78, 5) is 0. The molecule has 83 valence electrons. The summed E-state index contributed by atoms with van der Waals surface area (Å²) in [7, 11) is 0. The zero-order chi connectivity index (χ0) is 11.1. The Morgan fingerprint density at radius 3 is 2.60 bits per heavy atom. The molecule has 0 amide bonds. The van der Waals surface area contributed by atoms with E-state index in [-0.39, 0.29) is 5.82 Å². The van der Waals surface area contributed by atoms with Gasteiger partial charge < -0.3 is 5.32 Å². The molecule has 1 unspecified atom stereocenters. The molecule has 2 heteroatoms. The molecule has 15 heavy (non-hydrogen) atoms. The molecule has 0 bridgehead atoms. The molecular formula is C13H19FN. The van der Waals surface area contributed by atoms with Crippen molar-refractivity contribution in [2.24, 2.45) is 5.92 Å². The lowest BCUT2D eigenvalue weighted by molar-refractivity contribution is 0.595. The monoisotopic (exact) mass is 208 g/mol. The lowest BCUT2D eigenvalue weighted by atomic mass is 10.1. The molecule has 0 fully saturated rings. The molecule has 0 aliphatic heterocycles. The van der Waals surface area contributed by atoms with Gasteiger partial charge in [-0.15, -0.1) is 0 Å². The molecule has 0 aliphatic rings. The van der Waals surface area contributed by atoms with Crippen molar-refractivity contribution in [3.05, 3.63) is 42.1 Å². The quantitative estimate of drug-likeness (QED) is 0.708. The minimum Gasteiger partial charge on any atom is -0.312 e. The maximum atomic E-state index is 12.6. The Labute approximate surface area is 91.7 Å². The number of benzene rings is 1. The van der Waals surface area contributed by atoms with E-state index in [0.717, 1.165) is 18.7 Å². The fourth-order valence-electron chi connectivity index (χ4n) is 1.27. The number of hydrogen-bond donors (Lipinski definition) is 1. The molecule has 1 N–H and O–H groups in total. The second-order valence-electron chi connectivity index (χ2n) is 3.88. The van der Waals surface area contributed by atoms with Crippen LogP contribution in [0.1, 0.15) is 25.8 Å². The first-order valence-electron chi connectivity index (χ1n) is 5.51. The molecule has 0 spiro atoms. The SMILES string of the molecule is CCC(C)[CH]CNCc1ccc(F)cc1. The molecule has 0 aliphatic carbocycles. The topological polar surface area (TPSA) is 12.0 Å². The standard InChI is InChI=1S/C13H19FN/c1-3-11(2)8-9-15-10-12-4-6-13(14)7-5-12/h4-8,11,15H,3,9-10H2,1-2H3. The molecule has 1 aromatic rings. The van der Waals surface area contributed by atoms with Gasteiger partial charge in [0.05, 0.1) is 0 Å². The predicted molar refractivity (Wildman–Crippen MR) is 61.9 cm³/mol. The van der Waals surface area contributed by atoms with E-state index >= 15 is 0 Å². The van der Waals surface area contributed by atoms with Crippen molar-refractivity contribution in [2.75, 3.05) is 6.54 Å². The summed E-state index contributed by atoms with van der Waals surface area (Å²) < 4.78 is 12.6. The number of nitrogens with one attached hydrogen (secondary N) is 1. The maximum Gasteiger partial charge on any atom is 0.123 e. The highest BCUT2D eigenvalue weighted by Crippen LogP contribution is 2.04. The zero-order valence-electron chi connectivity index (χ0n) is 9.46. The highest BCUT2D eigenvalue weighted by molar-refractivity contribution is 5.15. The first-order valence-corrected chi connectivity index (χ1v) is 5.51. The van der Waals surface area contributed by atoms with Crippen LogP contribution in [0.3, 0.4) is 0 Å². The molecule has 0 saturated heterocycles. The lowest BCUT2D eigenvalue weighted by Crippen LogP contribution is -2.17. The van der Waals surface area contributed by atoms with Gasteiger partial charge in [-0.05, 0) is 36.6 Å². The Balaban J connectivity index is 2.17. The second-order valence-corrected chi connectivity index (χ2v) is 3.88. The van der Waals surface area contributed by atoms with Crippen molar-refractivity contribution >= 4 is 0 Å². The van der Waals surface area contributed by atoms with Crippen LogP contribution in [-0.2, 0) is 6.54 Å². The van der Waals surface area contributed by atoms with E-state index in [0.29, 0.717) is 5.92 Å². The van der Waals surface area contributed by atoms with Crippen LogP contribution in [-0.4, -0.2) is 6.54 Å². The predicted octanol–water partition coefficient (Wildman–Crippen LogP) is 3.17. The molecule has 0 saturated carbocycles. The molecule has 1 rings (SSSR count). The lowest BCUT2D eigenvalue weighted by Gasteiger charge is -2.08. The Kier molecular flexibility index (Phi) is 5.33. The van der Waals surface area contributed by atoms with E-state index in [4.69, 9.17) is 0 Å². The Morgan fingerprint density at radius 2 is 2.00 bits per heavy atom. The highest BCUT2D eigenvalue weighted by Gasteiger charge is 1.98. The molecule has 1 atom stereocenters. The van der Waals surface area contributed by atoms with Crippen LogP contribution in [0.4, 0.5) is 4.39 Å². The van der Waals surface area contributed by atoms with Gasteiger partial charge in [0.1, 0.15) is 5.82 Å². The molecule has 0 heterocycles. The largest absolute Gasteiger partial charge is 0.312 e. The Morgan fingerprint density at radius 1 is 1.33 bits per heavy atom. The van der Waals surface area contributed by atoms with Gasteiger partial charge in [-0.3, -0.25) is 0 Å². The smallest absolute Gasteiger partial charge is 0.123 e. The third-order valence-corrected chi connectivity index (χ3v) is 2.55. The number of hydrogen-bond acceptors (Lipinski definition) is 1. The van der Waals surface area contributed by atoms with Crippen molar-refractivity contribution in [3.8, 4) is 0 Å². The van der Waals surface area contributed by atoms with Crippen molar-refractivity contribution in [2.45, 2.75) is 26.8 Å². The van der Waals surface area contributed by atoms with Gasteiger partial charge in [0, 0.05) is 6.54 Å². The maximum absolute atomic E-state index is 12.6. The van der Waals surface area contributed by atoms with Gasteiger partial charge in [-0.1, -0.05) is 32.4 Å². The molecule has 1 aromatic carbocycles. The van der Waals surface area contributed by atoms with Gasteiger partial charge in [0.15, 0.2) is 0 Å². The Hall–Kier alpha value is -0.890. The van der Waals surface area contributed by atoms with Crippen LogP contribution in [0, 0.1) is 18.2 Å². The van der Waals surface area contributed by atoms with Crippen LogP contribution in [0.25, 0.3) is 0 Å². The van der Waals surface area contributed by atoms with Crippen LogP contribution >= 0.6 is 0 Å². The third kappa shape index (κ3) is 4.93. The average molecular weight is 208 g/mol. The van der Waals surface area contributed by atoms with Crippen LogP contribution in [0.2, 0.25) is 0 Å². The molecular weight excluding hydrogens is 189 g/mol. The van der Waals surface area contributed by atoms with Gasteiger partial charge in [0.25, 0.3) is 0 Å². The van der Waals surface area contributed by atoms with Gasteiger partial charge in [0.2, 0.25) is 0 Å². The second kappa shape index (κ2) is 6.57. The molecule has 1 nitrogen and oxygen atoms in total. The van der Waals surface area contributed by atoms with E-state index in [1.54, 1.807) is 0 Å². The first kappa shape index (κ1) is 12.2. The van der Waals surface area contributed by atoms with Crippen molar-refractivity contribution in [1.82, 2.24) is 5.32 Å². The molecule has 0 aromatic heterocycles. The fourth-order valence-corrected chi connectivity index (χ4v) is 1.27. The summed E-state index contributed by atoms with van der Waals surface area (Å²) in [5.74, 6) is 0.482. The summed E-state index contributed by atoms with van der Waals surface area (Å²) >= 11 is 0. The van der Waals surface area contributed by atoms with Gasteiger partial charge in [-0.25, -0.2) is 4.39 Å². The van der Waals surface area contributed by atoms with Crippen LogP contribution in [0.5, 0.6) is 0 Å². The van der Waals surface area contributed by atoms with Crippen LogP contribution < -0.4 is 5.32 Å². The number of rotatable bonds is 6. The van der Waals surface area contributed by atoms with E-state index < -0.39 is 0 Å². The van der Waals surface area contributed by atoms with Crippen molar-refractivity contribution in [1.29, 1.82) is 0 Å². The van der Waals surface area contributed by atoms with E-state index in [9.17, 15) is 4.39 Å². The van der Waals surface area contributed by atoms with Crippen LogP contribution in [0.15, 0.2) is 24.3 Å². The average Bonchev–Trinajstić information content (AvgIpc) is 2.26. The normalized spacial score (nSPS) is 12.7. The van der Waals surface area contributed by atoms with Gasteiger partial charge >= 0.3 is 0 Å². The van der Waals surface area contributed by atoms with Gasteiger partial charge in [-0.2, -0.15) is 0 Å². The fraction of sp³-hybridized carbons (Fsp3) is 0.462. The summed E-state index contributed by atoms with van der Waals surface area (Å²) in [5.41, 5.74) is 1.12. The summed E-state index contributed by atoms with van der Waals surface area (Å²) in [6.45, 7) is 6.10. The van der Waals surface area contributed by atoms with Crippen molar-refractivity contribution in [3.63, 3.8) is 0 Å². The molecule has 1 radical (unpaired) electrons. The first-order chi connectivity index (χ1) is 7.22. The number of halogens is 1. The van der Waals surface area contributed by atoms with E-state index in [1.807, 2.05) is 12.1 Å². The van der Waals surface area contributed by atoms with E-state index in [2.05, 4.69) is 25.6 Å². The summed E-state index contributed by atoms with van der Waals surface area (Å²) in [6, 6.07) is 6.61. The summed E-state index contributed by atoms with van der Waals surface area (Å²) in [6.07, 6.45) is 3.45. The minimum absolute atomic E-state index is 0.176. The summed E-state index contributed by atoms with van der Waals surface area (Å²) in [5, 5.41) is 3.31. The Bertz CT molecular complexity index is 268.